The van der Waals surface area contributed by atoms with Gasteiger partial charge in [-0.2, -0.15) is 0 Å². The maximum Gasteiger partial charge on any atom is 0.133 e. The summed E-state index contributed by atoms with van der Waals surface area (Å²) in [6, 6.07) is 0.425. The summed E-state index contributed by atoms with van der Waals surface area (Å²) in [4.78, 5) is 9.99. The second kappa shape index (κ2) is 8.64. The van der Waals surface area contributed by atoms with Crippen molar-refractivity contribution in [3.8, 4) is 0 Å². The van der Waals surface area contributed by atoms with Crippen molar-refractivity contribution < 1.29 is 4.79 Å². The van der Waals surface area contributed by atoms with E-state index in [1.807, 2.05) is 7.05 Å². The Morgan fingerprint density at radius 3 is 2.83 bits per heavy atom. The maximum atomic E-state index is 9.99. The van der Waals surface area contributed by atoms with Crippen LogP contribution in [0, 0.1) is 0 Å². The normalized spacial score (nSPS) is 12.8. The highest BCUT2D eigenvalue weighted by Gasteiger charge is 2.03. The van der Waals surface area contributed by atoms with Crippen molar-refractivity contribution in [1.29, 1.82) is 0 Å². The molecule has 0 spiro atoms. The van der Waals surface area contributed by atoms with Crippen molar-refractivity contribution in [2.45, 2.75) is 18.9 Å². The lowest BCUT2D eigenvalue weighted by molar-refractivity contribution is -0.107. The van der Waals surface area contributed by atoms with Gasteiger partial charge in [0.25, 0.3) is 0 Å². The topological polar surface area (TPSA) is 67.2 Å². The Morgan fingerprint density at radius 2 is 2.33 bits per heavy atom. The van der Waals surface area contributed by atoms with Gasteiger partial charge in [0.1, 0.15) is 6.29 Å². The van der Waals surface area contributed by atoms with Crippen LogP contribution in [0.15, 0.2) is 0 Å². The summed E-state index contributed by atoms with van der Waals surface area (Å²) >= 11 is 0. The Labute approximate surface area is 73.9 Å². The van der Waals surface area contributed by atoms with Crippen LogP contribution in [-0.4, -0.2) is 39.0 Å². The summed E-state index contributed by atoms with van der Waals surface area (Å²) in [5.41, 5.74) is 5.38. The molecule has 0 fully saturated rings. The fraction of sp³-hybridized carbons (Fsp3) is 0.875. The molecule has 12 heavy (non-hydrogen) atoms. The van der Waals surface area contributed by atoms with Gasteiger partial charge in [0, 0.05) is 12.6 Å². The smallest absolute Gasteiger partial charge is 0.133 e. The summed E-state index contributed by atoms with van der Waals surface area (Å²) in [7, 11) is 1.92. The van der Waals surface area contributed by atoms with E-state index >= 15 is 0 Å². The van der Waals surface area contributed by atoms with Gasteiger partial charge in [-0.3, -0.25) is 0 Å². The predicted octanol–water partition coefficient (Wildman–Crippen LogP) is -0.898. The molecule has 0 rings (SSSR count). The second-order valence-corrected chi connectivity index (χ2v) is 2.74. The highest BCUT2D eigenvalue weighted by Crippen LogP contribution is 1.93. The number of nitrogens with one attached hydrogen (secondary N) is 2. The lowest BCUT2D eigenvalue weighted by Crippen LogP contribution is -2.37. The Kier molecular flexibility index (Phi) is 8.32. The largest absolute Gasteiger partial charge is 0.330 e. The monoisotopic (exact) mass is 173 g/mol. The minimum atomic E-state index is 0.425. The van der Waals surface area contributed by atoms with E-state index in [1.165, 1.54) is 0 Å². The third-order valence-electron chi connectivity index (χ3n) is 1.78. The molecular weight excluding hydrogens is 154 g/mol. The first-order chi connectivity index (χ1) is 5.85. The highest BCUT2D eigenvalue weighted by molar-refractivity contribution is 5.51. The van der Waals surface area contributed by atoms with Crippen LogP contribution in [0.4, 0.5) is 0 Å². The zero-order valence-electron chi connectivity index (χ0n) is 7.68. The molecule has 0 radical (unpaired) electrons. The highest BCUT2D eigenvalue weighted by atomic mass is 16.1. The summed E-state index contributed by atoms with van der Waals surface area (Å²) in [5.74, 6) is 0. The number of hydrogen-bond donors (Lipinski definition) is 3. The number of nitrogens with two attached hydrogens (primary N) is 1. The Hall–Kier alpha value is -0.450. The Balaban J connectivity index is 3.32. The molecule has 0 saturated carbocycles. The van der Waals surface area contributed by atoms with E-state index in [2.05, 4.69) is 10.6 Å². The van der Waals surface area contributed by atoms with Crippen molar-refractivity contribution >= 4 is 6.29 Å². The van der Waals surface area contributed by atoms with Crippen molar-refractivity contribution in [2.24, 2.45) is 5.73 Å². The summed E-state index contributed by atoms with van der Waals surface area (Å²) in [5, 5.41) is 6.19. The van der Waals surface area contributed by atoms with E-state index in [0.29, 0.717) is 12.6 Å². The van der Waals surface area contributed by atoms with E-state index in [-0.39, 0.29) is 0 Å². The van der Waals surface area contributed by atoms with Gasteiger partial charge < -0.3 is 21.2 Å². The zero-order chi connectivity index (χ0) is 9.23. The number of hydrogen-bond acceptors (Lipinski definition) is 4. The SMILES string of the molecule is CNC(CCCN)CNCC=O. The number of carbonyl (C=O) groups excluding carboxylic acids is 1. The van der Waals surface area contributed by atoms with Crippen LogP contribution >= 0.6 is 0 Å². The van der Waals surface area contributed by atoms with Gasteiger partial charge >= 0.3 is 0 Å². The Morgan fingerprint density at radius 1 is 1.58 bits per heavy atom. The molecule has 4 nitrogen and oxygen atoms in total. The predicted molar refractivity (Wildman–Crippen MR) is 50.1 cm³/mol. The fourth-order valence-corrected chi connectivity index (χ4v) is 1.03. The summed E-state index contributed by atoms with van der Waals surface area (Å²) in [6.07, 6.45) is 2.95. The molecule has 0 aromatic carbocycles. The average molecular weight is 173 g/mol. The number of likely N-dealkylation sites (N-methyl/N-ethyl adjacent to an activating group) is 1. The molecule has 0 aliphatic heterocycles. The van der Waals surface area contributed by atoms with Gasteiger partial charge in [0.2, 0.25) is 0 Å². The molecule has 1 unspecified atom stereocenters. The lowest BCUT2D eigenvalue weighted by Gasteiger charge is -2.15. The number of aldehydes is 1. The van der Waals surface area contributed by atoms with Crippen LogP contribution in [0.2, 0.25) is 0 Å². The van der Waals surface area contributed by atoms with E-state index in [9.17, 15) is 4.79 Å². The molecule has 0 aromatic heterocycles. The first-order valence-corrected chi connectivity index (χ1v) is 4.36. The van der Waals surface area contributed by atoms with Gasteiger partial charge in [0.15, 0.2) is 0 Å². The van der Waals surface area contributed by atoms with Gasteiger partial charge in [-0.05, 0) is 26.4 Å². The van der Waals surface area contributed by atoms with E-state index < -0.39 is 0 Å². The van der Waals surface area contributed by atoms with Crippen LogP contribution in [0.5, 0.6) is 0 Å². The zero-order valence-corrected chi connectivity index (χ0v) is 7.68. The third-order valence-corrected chi connectivity index (χ3v) is 1.78. The van der Waals surface area contributed by atoms with Gasteiger partial charge in [-0.15, -0.1) is 0 Å². The molecule has 0 heterocycles. The molecule has 72 valence electrons. The molecule has 0 aromatic rings. The molecule has 4 N–H and O–H groups in total. The molecular formula is C8H19N3O. The van der Waals surface area contributed by atoms with Gasteiger partial charge in [-0.25, -0.2) is 0 Å². The van der Waals surface area contributed by atoms with Crippen LogP contribution in [0.25, 0.3) is 0 Å². The van der Waals surface area contributed by atoms with Crippen molar-refractivity contribution in [1.82, 2.24) is 10.6 Å². The van der Waals surface area contributed by atoms with Crippen LogP contribution in [0.3, 0.4) is 0 Å². The molecule has 4 heteroatoms. The van der Waals surface area contributed by atoms with Gasteiger partial charge in [0.05, 0.1) is 6.54 Å². The van der Waals surface area contributed by atoms with Crippen LogP contribution in [0.1, 0.15) is 12.8 Å². The number of rotatable bonds is 8. The van der Waals surface area contributed by atoms with Crippen molar-refractivity contribution in [3.05, 3.63) is 0 Å². The van der Waals surface area contributed by atoms with E-state index in [1.54, 1.807) is 0 Å². The van der Waals surface area contributed by atoms with Crippen LogP contribution < -0.4 is 16.4 Å². The van der Waals surface area contributed by atoms with E-state index in [4.69, 9.17) is 5.73 Å². The second-order valence-electron chi connectivity index (χ2n) is 2.74. The molecule has 0 amide bonds. The first-order valence-electron chi connectivity index (χ1n) is 4.36. The summed E-state index contributed by atoms with van der Waals surface area (Å²) < 4.78 is 0. The third kappa shape index (κ3) is 6.27. The standard InChI is InChI=1S/C8H19N3O/c1-10-8(3-2-4-9)7-11-5-6-12/h6,8,10-11H,2-5,7,9H2,1H3. The molecule has 0 aliphatic rings. The van der Waals surface area contributed by atoms with Crippen molar-refractivity contribution in [3.63, 3.8) is 0 Å². The average Bonchev–Trinajstić information content (AvgIpc) is 2.11. The molecule has 0 saturated heterocycles. The fourth-order valence-electron chi connectivity index (χ4n) is 1.03. The minimum absolute atomic E-state index is 0.425. The molecule has 1 atom stereocenters. The minimum Gasteiger partial charge on any atom is -0.330 e. The van der Waals surface area contributed by atoms with E-state index in [0.717, 1.165) is 32.2 Å². The lowest BCUT2D eigenvalue weighted by atomic mass is 10.1. The molecule has 0 aliphatic carbocycles. The Bertz CT molecular complexity index is 108. The maximum absolute atomic E-state index is 9.99. The molecule has 0 bridgehead atoms. The summed E-state index contributed by atoms with van der Waals surface area (Å²) in [6.45, 7) is 1.99. The van der Waals surface area contributed by atoms with Crippen molar-refractivity contribution in [2.75, 3.05) is 26.7 Å². The van der Waals surface area contributed by atoms with Crippen LogP contribution in [-0.2, 0) is 4.79 Å². The van der Waals surface area contributed by atoms with Gasteiger partial charge in [-0.1, -0.05) is 0 Å². The quantitative estimate of drug-likeness (QED) is 0.329. The number of carbonyl (C=O) groups is 1. The first kappa shape index (κ1) is 11.6.